The van der Waals surface area contributed by atoms with Crippen molar-refractivity contribution in [3.05, 3.63) is 30.5 Å². The Balaban J connectivity index is 2.31. The lowest BCUT2D eigenvalue weighted by Gasteiger charge is -2.36. The van der Waals surface area contributed by atoms with Gasteiger partial charge in [0.2, 0.25) is 0 Å². The van der Waals surface area contributed by atoms with Crippen molar-refractivity contribution < 1.29 is 14.0 Å². The van der Waals surface area contributed by atoms with Gasteiger partial charge in [-0.25, -0.2) is 4.79 Å². The average molecular weight is 348 g/mol. The van der Waals surface area contributed by atoms with Gasteiger partial charge in [-0.05, 0) is 42.8 Å². The van der Waals surface area contributed by atoms with Crippen LogP contribution in [0.1, 0.15) is 40.5 Å². The van der Waals surface area contributed by atoms with E-state index >= 15 is 0 Å². The first-order valence-corrected chi connectivity index (χ1v) is 11.5. The van der Waals surface area contributed by atoms with Gasteiger partial charge < -0.3 is 9.16 Å². The molecule has 0 spiro atoms. The molecule has 0 saturated carbocycles. The van der Waals surface area contributed by atoms with Crippen molar-refractivity contribution >= 4 is 25.3 Å². The highest BCUT2D eigenvalue weighted by molar-refractivity contribution is 6.74. The fourth-order valence-corrected chi connectivity index (χ4v) is 3.22. The van der Waals surface area contributed by atoms with E-state index in [1.165, 1.54) is 0 Å². The van der Waals surface area contributed by atoms with Crippen molar-refractivity contribution in [2.75, 3.05) is 6.61 Å². The second kappa shape index (κ2) is 7.01. The highest BCUT2D eigenvalue weighted by Gasteiger charge is 2.39. The standard InChI is InChI=1S/C19H29NO3Si/c1-7-8-14-22-18(21)20-13-12-15-16(20)10-9-11-17(15)23-24(5,6)19(2,3)4/h9-13H,7-8,14H2,1-6H3. The molecule has 0 saturated heterocycles. The van der Waals surface area contributed by atoms with Crippen LogP contribution < -0.4 is 4.43 Å². The first-order chi connectivity index (χ1) is 11.2. The second-order valence-electron chi connectivity index (χ2n) is 7.70. The zero-order chi connectivity index (χ0) is 18.0. The Morgan fingerprint density at radius 2 is 1.92 bits per heavy atom. The summed E-state index contributed by atoms with van der Waals surface area (Å²) < 4.78 is 13.3. The maximum atomic E-state index is 12.3. The molecule has 132 valence electrons. The van der Waals surface area contributed by atoms with Crippen LogP contribution >= 0.6 is 0 Å². The van der Waals surface area contributed by atoms with Crippen molar-refractivity contribution in [2.24, 2.45) is 0 Å². The molecule has 1 aromatic heterocycles. The number of ether oxygens (including phenoxy) is 1. The summed E-state index contributed by atoms with van der Waals surface area (Å²) >= 11 is 0. The molecule has 4 nitrogen and oxygen atoms in total. The number of carbonyl (C=O) groups is 1. The second-order valence-corrected chi connectivity index (χ2v) is 12.4. The van der Waals surface area contributed by atoms with Crippen molar-refractivity contribution in [3.8, 4) is 5.75 Å². The van der Waals surface area contributed by atoms with E-state index in [1.807, 2.05) is 24.3 Å². The summed E-state index contributed by atoms with van der Waals surface area (Å²) in [5.74, 6) is 0.846. The molecule has 0 radical (unpaired) electrons. The molecule has 5 heteroatoms. The van der Waals surface area contributed by atoms with E-state index in [0.717, 1.165) is 29.5 Å². The van der Waals surface area contributed by atoms with Gasteiger partial charge in [0.15, 0.2) is 0 Å². The number of benzene rings is 1. The molecule has 0 fully saturated rings. The smallest absolute Gasteiger partial charge is 0.418 e. The Labute approximate surface area is 145 Å². The fourth-order valence-electron chi connectivity index (χ4n) is 2.19. The molecule has 2 aromatic rings. The van der Waals surface area contributed by atoms with Gasteiger partial charge in [0.25, 0.3) is 8.32 Å². The Kier molecular flexibility index (Phi) is 5.43. The maximum absolute atomic E-state index is 12.3. The van der Waals surface area contributed by atoms with Crippen LogP contribution in [0.3, 0.4) is 0 Å². The first kappa shape index (κ1) is 18.6. The minimum atomic E-state index is -1.93. The summed E-state index contributed by atoms with van der Waals surface area (Å²) in [6.07, 6.45) is 3.31. The Morgan fingerprint density at radius 1 is 1.21 bits per heavy atom. The van der Waals surface area contributed by atoms with E-state index in [1.54, 1.807) is 10.8 Å². The third kappa shape index (κ3) is 3.83. The Morgan fingerprint density at radius 3 is 2.54 bits per heavy atom. The molecule has 0 atom stereocenters. The zero-order valence-electron chi connectivity index (χ0n) is 15.7. The van der Waals surface area contributed by atoms with Crippen molar-refractivity contribution in [1.29, 1.82) is 0 Å². The molecule has 1 aromatic carbocycles. The SMILES string of the molecule is CCCCOC(=O)n1ccc2c(O[Si](C)(C)C(C)(C)C)cccc21. The van der Waals surface area contributed by atoms with Gasteiger partial charge in [0.1, 0.15) is 5.75 Å². The highest BCUT2D eigenvalue weighted by Crippen LogP contribution is 2.39. The molecule has 0 aliphatic heterocycles. The minimum absolute atomic E-state index is 0.122. The summed E-state index contributed by atoms with van der Waals surface area (Å²) in [4.78, 5) is 12.3. The summed E-state index contributed by atoms with van der Waals surface area (Å²) in [7, 11) is -1.93. The van der Waals surface area contributed by atoms with Gasteiger partial charge in [0.05, 0.1) is 12.1 Å². The summed E-state index contributed by atoms with van der Waals surface area (Å²) in [5, 5.41) is 1.08. The van der Waals surface area contributed by atoms with Crippen LogP contribution in [0.15, 0.2) is 30.5 Å². The molecule has 0 aliphatic carbocycles. The molecule has 0 aliphatic rings. The quantitative estimate of drug-likeness (QED) is 0.506. The monoisotopic (exact) mass is 347 g/mol. The van der Waals surface area contributed by atoms with E-state index in [2.05, 4.69) is 40.8 Å². The van der Waals surface area contributed by atoms with E-state index in [4.69, 9.17) is 9.16 Å². The number of fused-ring (bicyclic) bond motifs is 1. The lowest BCUT2D eigenvalue weighted by Crippen LogP contribution is -2.43. The van der Waals surface area contributed by atoms with Crippen LogP contribution in [-0.2, 0) is 4.74 Å². The summed E-state index contributed by atoms with van der Waals surface area (Å²) in [6, 6.07) is 7.77. The van der Waals surface area contributed by atoms with Crippen LogP contribution in [-0.4, -0.2) is 25.6 Å². The summed E-state index contributed by atoms with van der Waals surface area (Å²) in [5.41, 5.74) is 0.827. The van der Waals surface area contributed by atoms with Crippen LogP contribution in [0.25, 0.3) is 10.9 Å². The number of carbonyl (C=O) groups excluding carboxylic acids is 1. The number of aromatic nitrogens is 1. The number of nitrogens with zero attached hydrogens (tertiary/aromatic N) is 1. The Hall–Kier alpha value is -1.75. The topological polar surface area (TPSA) is 40.5 Å². The molecule has 0 amide bonds. The minimum Gasteiger partial charge on any atom is -0.543 e. The fraction of sp³-hybridized carbons (Fsp3) is 0.526. The summed E-state index contributed by atoms with van der Waals surface area (Å²) in [6.45, 7) is 13.6. The van der Waals surface area contributed by atoms with E-state index in [9.17, 15) is 4.79 Å². The van der Waals surface area contributed by atoms with Gasteiger partial charge in [-0.3, -0.25) is 4.57 Å². The van der Waals surface area contributed by atoms with Crippen LogP contribution in [0.4, 0.5) is 4.79 Å². The normalized spacial score (nSPS) is 12.4. The predicted octanol–water partition coefficient (Wildman–Crippen LogP) is 5.81. The molecule has 24 heavy (non-hydrogen) atoms. The van der Waals surface area contributed by atoms with Crippen molar-refractivity contribution in [1.82, 2.24) is 4.57 Å². The lowest BCUT2D eigenvalue weighted by atomic mass is 10.2. The molecule has 1 heterocycles. The molecule has 0 N–H and O–H groups in total. The third-order valence-corrected chi connectivity index (χ3v) is 9.13. The average Bonchev–Trinajstić information content (AvgIpc) is 2.91. The van der Waals surface area contributed by atoms with Gasteiger partial charge >= 0.3 is 6.09 Å². The Bertz CT molecular complexity index is 713. The molecular weight excluding hydrogens is 318 g/mol. The van der Waals surface area contributed by atoms with Gasteiger partial charge in [-0.15, -0.1) is 0 Å². The lowest BCUT2D eigenvalue weighted by molar-refractivity contribution is 0.147. The third-order valence-electron chi connectivity index (χ3n) is 4.78. The number of hydrogen-bond donors (Lipinski definition) is 0. The van der Waals surface area contributed by atoms with Crippen molar-refractivity contribution in [3.63, 3.8) is 0 Å². The van der Waals surface area contributed by atoms with Gasteiger partial charge in [-0.1, -0.05) is 40.2 Å². The van der Waals surface area contributed by atoms with Crippen LogP contribution in [0.5, 0.6) is 5.75 Å². The van der Waals surface area contributed by atoms with Crippen LogP contribution in [0, 0.1) is 0 Å². The predicted molar refractivity (Wildman–Crippen MR) is 101 cm³/mol. The largest absolute Gasteiger partial charge is 0.543 e. The molecule has 2 rings (SSSR count). The van der Waals surface area contributed by atoms with Gasteiger partial charge in [-0.2, -0.15) is 0 Å². The number of unbranched alkanes of at least 4 members (excludes halogenated alkanes) is 1. The molecule has 0 bridgehead atoms. The highest BCUT2D eigenvalue weighted by atomic mass is 28.4. The van der Waals surface area contributed by atoms with E-state index in [-0.39, 0.29) is 11.1 Å². The zero-order valence-corrected chi connectivity index (χ0v) is 16.7. The number of hydrogen-bond acceptors (Lipinski definition) is 3. The number of rotatable bonds is 5. The molecular formula is C19H29NO3Si. The van der Waals surface area contributed by atoms with Crippen molar-refractivity contribution in [2.45, 2.75) is 58.7 Å². The molecule has 0 unspecified atom stereocenters. The first-order valence-electron chi connectivity index (χ1n) is 8.63. The van der Waals surface area contributed by atoms with E-state index < -0.39 is 8.32 Å². The van der Waals surface area contributed by atoms with Gasteiger partial charge in [0, 0.05) is 11.6 Å². The van der Waals surface area contributed by atoms with Crippen LogP contribution in [0.2, 0.25) is 18.1 Å². The van der Waals surface area contributed by atoms with E-state index in [0.29, 0.717) is 6.61 Å². The maximum Gasteiger partial charge on any atom is 0.418 e.